The molecule has 8 nitrogen and oxygen atoms in total. The summed E-state index contributed by atoms with van der Waals surface area (Å²) in [6.45, 7) is 5.46. The third kappa shape index (κ3) is 6.32. The van der Waals surface area contributed by atoms with E-state index in [2.05, 4.69) is 37.8 Å². The van der Waals surface area contributed by atoms with Gasteiger partial charge >= 0.3 is 0 Å². The number of hydrogen-bond acceptors (Lipinski definition) is 8. The molecule has 5 rings (SSSR count). The molecule has 1 aliphatic heterocycles. The Hall–Kier alpha value is -4.08. The average Bonchev–Trinajstić information content (AvgIpc) is 2.96. The van der Waals surface area contributed by atoms with Crippen molar-refractivity contribution in [2.75, 3.05) is 36.1 Å². The van der Waals surface area contributed by atoms with Gasteiger partial charge in [0, 0.05) is 41.1 Å². The summed E-state index contributed by atoms with van der Waals surface area (Å²) >= 11 is 1.62. The molecule has 0 radical (unpaired) electrons. The van der Waals surface area contributed by atoms with Gasteiger partial charge in [-0.05, 0) is 85.8 Å². The smallest absolute Gasteiger partial charge is 0.234 e. The summed E-state index contributed by atoms with van der Waals surface area (Å²) in [7, 11) is 1.63. The second-order valence-corrected chi connectivity index (χ2v) is 10.7. The highest BCUT2D eigenvalue weighted by molar-refractivity contribution is 7.97. The van der Waals surface area contributed by atoms with Gasteiger partial charge < -0.3 is 20.7 Å². The van der Waals surface area contributed by atoms with Crippen molar-refractivity contribution < 1.29 is 9.53 Å². The summed E-state index contributed by atoms with van der Waals surface area (Å²) in [4.78, 5) is 23.7. The van der Waals surface area contributed by atoms with E-state index in [0.29, 0.717) is 5.95 Å². The molecular weight excluding hydrogens is 508 g/mol. The van der Waals surface area contributed by atoms with E-state index < -0.39 is 5.41 Å². The molecule has 0 fully saturated rings. The van der Waals surface area contributed by atoms with Crippen molar-refractivity contribution >= 4 is 41.0 Å². The van der Waals surface area contributed by atoms with Gasteiger partial charge in [0.1, 0.15) is 11.6 Å². The SMILES string of the molecule is COc1ccc(C(C)(C)C(=O)Nc2ccc(-c3cnc4nc3NCCCNSc3cccc(c3)N4)cc2)cc1. The van der Waals surface area contributed by atoms with Crippen LogP contribution in [-0.4, -0.2) is 36.1 Å². The number of methoxy groups -OCH3 is 1. The van der Waals surface area contributed by atoms with Crippen molar-refractivity contribution in [2.24, 2.45) is 0 Å². The van der Waals surface area contributed by atoms with Crippen LogP contribution in [0.15, 0.2) is 83.9 Å². The van der Waals surface area contributed by atoms with Crippen molar-refractivity contribution in [3.8, 4) is 16.9 Å². The Morgan fingerprint density at radius 1 is 1.03 bits per heavy atom. The van der Waals surface area contributed by atoms with Crippen LogP contribution in [0.25, 0.3) is 11.1 Å². The molecule has 0 saturated carbocycles. The van der Waals surface area contributed by atoms with Crippen LogP contribution in [0.4, 0.5) is 23.1 Å². The van der Waals surface area contributed by atoms with Gasteiger partial charge in [-0.15, -0.1) is 0 Å². The lowest BCUT2D eigenvalue weighted by molar-refractivity contribution is -0.120. The minimum Gasteiger partial charge on any atom is -0.497 e. The van der Waals surface area contributed by atoms with Gasteiger partial charge in [0.2, 0.25) is 11.9 Å². The van der Waals surface area contributed by atoms with Gasteiger partial charge in [-0.3, -0.25) is 9.52 Å². The predicted octanol–water partition coefficient (Wildman–Crippen LogP) is 6.22. The van der Waals surface area contributed by atoms with E-state index in [4.69, 9.17) is 9.72 Å². The summed E-state index contributed by atoms with van der Waals surface area (Å²) in [5.74, 6) is 1.96. The zero-order chi connectivity index (χ0) is 27.2. The van der Waals surface area contributed by atoms with Gasteiger partial charge in [-0.25, -0.2) is 4.98 Å². The van der Waals surface area contributed by atoms with Crippen molar-refractivity contribution in [1.82, 2.24) is 14.7 Å². The fraction of sp³-hybridized carbons (Fsp3) is 0.233. The van der Waals surface area contributed by atoms with Crippen LogP contribution >= 0.6 is 11.9 Å². The maximum absolute atomic E-state index is 13.2. The van der Waals surface area contributed by atoms with E-state index in [1.165, 1.54) is 0 Å². The molecule has 2 heterocycles. The van der Waals surface area contributed by atoms with Crippen molar-refractivity contribution in [3.05, 3.63) is 84.6 Å². The summed E-state index contributed by atoms with van der Waals surface area (Å²) in [6, 6.07) is 23.5. The largest absolute Gasteiger partial charge is 0.497 e. The molecule has 0 aliphatic carbocycles. The minimum absolute atomic E-state index is 0.0882. The molecule has 1 aliphatic rings. The number of nitrogens with zero attached hydrogens (tertiary/aromatic N) is 2. The Kier molecular flexibility index (Phi) is 7.99. The maximum Gasteiger partial charge on any atom is 0.234 e. The number of anilines is 4. The highest BCUT2D eigenvalue weighted by Gasteiger charge is 2.30. The monoisotopic (exact) mass is 540 g/mol. The molecule has 0 spiro atoms. The highest BCUT2D eigenvalue weighted by atomic mass is 32.2. The quantitative estimate of drug-likeness (QED) is 0.221. The molecule has 39 heavy (non-hydrogen) atoms. The molecule has 200 valence electrons. The summed E-state index contributed by atoms with van der Waals surface area (Å²) in [5.41, 5.74) is 3.69. The second-order valence-electron chi connectivity index (χ2n) is 9.77. The van der Waals surface area contributed by atoms with Gasteiger partial charge in [-0.1, -0.05) is 30.3 Å². The van der Waals surface area contributed by atoms with Crippen LogP contribution in [-0.2, 0) is 10.2 Å². The highest BCUT2D eigenvalue weighted by Crippen LogP contribution is 2.31. The number of carbonyl (C=O) groups is 1. The molecule has 4 N–H and O–H groups in total. The van der Waals surface area contributed by atoms with E-state index >= 15 is 0 Å². The number of rotatable bonds is 5. The summed E-state index contributed by atoms with van der Waals surface area (Å²) in [5, 5.41) is 9.84. The summed E-state index contributed by atoms with van der Waals surface area (Å²) in [6.07, 6.45) is 2.77. The number of ether oxygens (including phenoxy) is 1. The van der Waals surface area contributed by atoms with E-state index in [-0.39, 0.29) is 5.91 Å². The number of fused-ring (bicyclic) bond motifs is 4. The van der Waals surface area contributed by atoms with Crippen LogP contribution < -0.4 is 25.4 Å². The fourth-order valence-electron chi connectivity index (χ4n) is 4.22. The standard InChI is InChI=1S/C30H32N6O2S/c1-30(2,21-10-14-24(38-3)15-11-21)28(37)34-22-12-8-20(9-13-22)26-19-32-29-35-23-6-4-7-25(18-23)39-33-17-5-16-31-27(26)36-29/h4,6-15,18-19,33H,5,16-17H2,1-3H3,(H,34,37)(H2,31,32,35,36). The lowest BCUT2D eigenvalue weighted by Crippen LogP contribution is -2.34. The van der Waals surface area contributed by atoms with Gasteiger partial charge in [-0.2, -0.15) is 4.98 Å². The first kappa shape index (κ1) is 26.5. The van der Waals surface area contributed by atoms with E-state index in [1.54, 1.807) is 19.1 Å². The number of carbonyl (C=O) groups excluding carboxylic acids is 1. The van der Waals surface area contributed by atoms with E-state index in [9.17, 15) is 4.79 Å². The average molecular weight is 541 g/mol. The lowest BCUT2D eigenvalue weighted by atomic mass is 9.83. The van der Waals surface area contributed by atoms with Crippen molar-refractivity contribution in [2.45, 2.75) is 30.6 Å². The third-order valence-corrected chi connectivity index (χ3v) is 7.49. The normalized spacial score (nSPS) is 13.5. The molecule has 9 heteroatoms. The first-order valence-electron chi connectivity index (χ1n) is 12.9. The first-order valence-corrected chi connectivity index (χ1v) is 13.7. The Balaban J connectivity index is 1.34. The third-order valence-electron chi connectivity index (χ3n) is 6.65. The molecular formula is C30H32N6O2S. The van der Waals surface area contributed by atoms with Gasteiger partial charge in [0.15, 0.2) is 0 Å². The Morgan fingerprint density at radius 3 is 2.59 bits per heavy atom. The number of benzene rings is 3. The second kappa shape index (κ2) is 11.8. The molecule has 1 aromatic heterocycles. The molecule has 4 aromatic rings. The van der Waals surface area contributed by atoms with E-state index in [1.807, 2.05) is 80.7 Å². The zero-order valence-electron chi connectivity index (χ0n) is 22.2. The van der Waals surface area contributed by atoms with Gasteiger partial charge in [0.25, 0.3) is 0 Å². The number of hydrogen-bond donors (Lipinski definition) is 4. The molecule has 0 atom stereocenters. The number of aromatic nitrogens is 2. The molecule has 3 aromatic carbocycles. The van der Waals surface area contributed by atoms with E-state index in [0.717, 1.165) is 64.0 Å². The molecule has 1 amide bonds. The van der Waals surface area contributed by atoms with Crippen molar-refractivity contribution in [3.63, 3.8) is 0 Å². The van der Waals surface area contributed by atoms with Crippen LogP contribution in [0.5, 0.6) is 5.75 Å². The zero-order valence-corrected chi connectivity index (χ0v) is 23.1. The topological polar surface area (TPSA) is 100 Å². The van der Waals surface area contributed by atoms with Crippen LogP contribution in [0.2, 0.25) is 0 Å². The first-order chi connectivity index (χ1) is 18.9. The minimum atomic E-state index is -0.715. The van der Waals surface area contributed by atoms with Crippen LogP contribution in [0.1, 0.15) is 25.8 Å². The van der Waals surface area contributed by atoms with Crippen LogP contribution in [0.3, 0.4) is 0 Å². The fourth-order valence-corrected chi connectivity index (χ4v) is 4.96. The molecule has 0 unspecified atom stereocenters. The Labute approximate surface area is 233 Å². The van der Waals surface area contributed by atoms with Gasteiger partial charge in [0.05, 0.1) is 12.5 Å². The Morgan fingerprint density at radius 2 is 1.82 bits per heavy atom. The molecule has 0 saturated heterocycles. The Bertz CT molecular complexity index is 1440. The lowest BCUT2D eigenvalue weighted by Gasteiger charge is -2.24. The maximum atomic E-state index is 13.2. The number of amides is 1. The summed E-state index contributed by atoms with van der Waals surface area (Å²) < 4.78 is 8.65. The predicted molar refractivity (Wildman–Crippen MR) is 159 cm³/mol. The van der Waals surface area contributed by atoms with Crippen LogP contribution in [0, 0.1) is 0 Å². The van der Waals surface area contributed by atoms with Crippen molar-refractivity contribution in [1.29, 1.82) is 0 Å². The molecule has 4 bridgehead atoms. The number of nitrogens with one attached hydrogen (secondary N) is 4.